The van der Waals surface area contributed by atoms with Crippen LogP contribution >= 0.6 is 11.6 Å². The second kappa shape index (κ2) is 5.84. The first-order valence-corrected chi connectivity index (χ1v) is 5.52. The molecule has 0 radical (unpaired) electrons. The molecule has 1 unspecified atom stereocenters. The van der Waals surface area contributed by atoms with Crippen LogP contribution in [-0.2, 0) is 14.3 Å². The second-order valence-electron chi connectivity index (χ2n) is 3.54. The first-order valence-electron chi connectivity index (χ1n) is 5.14. The molecule has 1 atom stereocenters. The van der Waals surface area contributed by atoms with E-state index >= 15 is 0 Å². The number of Topliss-reactive ketones (excluding diaryl/α,β-unsaturated/α-hetero) is 1. The average Bonchev–Trinajstić information content (AvgIpc) is 2.37. The van der Waals surface area contributed by atoms with Crippen molar-refractivity contribution in [3.63, 3.8) is 0 Å². The summed E-state index contributed by atoms with van der Waals surface area (Å²) in [5, 5.41) is 0.482. The predicted octanol–water partition coefficient (Wildman–Crippen LogP) is 1.80. The third kappa shape index (κ3) is 3.00. The number of ketones is 1. The SMILES string of the molecule is COc1cccc(NC(=O)C(Cl)(OC)C(C)=O)c1. The summed E-state index contributed by atoms with van der Waals surface area (Å²) in [5.74, 6) is -0.757. The van der Waals surface area contributed by atoms with Gasteiger partial charge in [0.2, 0.25) is 0 Å². The summed E-state index contributed by atoms with van der Waals surface area (Å²) >= 11 is 5.82. The second-order valence-corrected chi connectivity index (χ2v) is 4.07. The van der Waals surface area contributed by atoms with E-state index in [-0.39, 0.29) is 0 Å². The van der Waals surface area contributed by atoms with Crippen LogP contribution in [-0.4, -0.2) is 31.0 Å². The summed E-state index contributed by atoms with van der Waals surface area (Å²) in [6.07, 6.45) is 0. The summed E-state index contributed by atoms with van der Waals surface area (Å²) in [6, 6.07) is 6.67. The molecule has 1 aromatic rings. The molecule has 0 heterocycles. The first kappa shape index (κ1) is 14.5. The fraction of sp³-hybridized carbons (Fsp3) is 0.333. The van der Waals surface area contributed by atoms with E-state index in [1.807, 2.05) is 0 Å². The van der Waals surface area contributed by atoms with E-state index in [0.29, 0.717) is 11.4 Å². The van der Waals surface area contributed by atoms with Crippen molar-refractivity contribution in [3.05, 3.63) is 24.3 Å². The molecule has 0 aliphatic heterocycles. The Kier molecular flexibility index (Phi) is 4.69. The molecule has 0 spiro atoms. The van der Waals surface area contributed by atoms with Crippen molar-refractivity contribution in [2.24, 2.45) is 0 Å². The Hall–Kier alpha value is -1.59. The minimum atomic E-state index is -2.01. The molecule has 6 heteroatoms. The number of amides is 1. The van der Waals surface area contributed by atoms with E-state index in [2.05, 4.69) is 5.32 Å². The Morgan fingerprint density at radius 2 is 2.00 bits per heavy atom. The molecule has 18 heavy (non-hydrogen) atoms. The molecule has 0 saturated heterocycles. The highest BCUT2D eigenvalue weighted by atomic mass is 35.5. The number of halogens is 1. The van der Waals surface area contributed by atoms with Gasteiger partial charge < -0.3 is 14.8 Å². The zero-order valence-corrected chi connectivity index (χ0v) is 11.1. The van der Waals surface area contributed by atoms with Crippen LogP contribution in [0.5, 0.6) is 5.75 Å². The van der Waals surface area contributed by atoms with E-state index in [1.165, 1.54) is 21.1 Å². The van der Waals surface area contributed by atoms with Crippen molar-refractivity contribution in [1.82, 2.24) is 0 Å². The van der Waals surface area contributed by atoms with Gasteiger partial charge in [0.25, 0.3) is 11.0 Å². The van der Waals surface area contributed by atoms with Crippen molar-refractivity contribution < 1.29 is 19.1 Å². The third-order valence-corrected chi connectivity index (χ3v) is 2.95. The molecule has 0 saturated carbocycles. The average molecular weight is 272 g/mol. The molecular formula is C12H14ClNO4. The van der Waals surface area contributed by atoms with Gasteiger partial charge in [0.15, 0.2) is 5.78 Å². The quantitative estimate of drug-likeness (QED) is 0.655. The van der Waals surface area contributed by atoms with Gasteiger partial charge >= 0.3 is 0 Å². The predicted molar refractivity (Wildman–Crippen MR) is 67.9 cm³/mol. The van der Waals surface area contributed by atoms with Crippen molar-refractivity contribution in [2.45, 2.75) is 12.0 Å². The largest absolute Gasteiger partial charge is 0.497 e. The lowest BCUT2D eigenvalue weighted by molar-refractivity contribution is -0.141. The molecule has 0 bridgehead atoms. The van der Waals surface area contributed by atoms with Gasteiger partial charge in [-0.05, 0) is 19.1 Å². The summed E-state index contributed by atoms with van der Waals surface area (Å²) < 4.78 is 9.78. The molecule has 98 valence electrons. The molecular weight excluding hydrogens is 258 g/mol. The Balaban J connectivity index is 2.89. The van der Waals surface area contributed by atoms with Crippen LogP contribution in [0.3, 0.4) is 0 Å². The number of alkyl halides is 1. The number of carbonyl (C=O) groups is 2. The van der Waals surface area contributed by atoms with Gasteiger partial charge in [-0.1, -0.05) is 17.7 Å². The molecule has 0 aliphatic rings. The van der Waals surface area contributed by atoms with Gasteiger partial charge in [-0.3, -0.25) is 9.59 Å². The Morgan fingerprint density at radius 1 is 1.33 bits per heavy atom. The normalized spacial score (nSPS) is 13.6. The van der Waals surface area contributed by atoms with Gasteiger partial charge in [-0.15, -0.1) is 0 Å². The summed E-state index contributed by atoms with van der Waals surface area (Å²) in [6.45, 7) is 1.18. The number of nitrogens with one attached hydrogen (secondary N) is 1. The zero-order valence-electron chi connectivity index (χ0n) is 10.3. The number of rotatable bonds is 5. The fourth-order valence-electron chi connectivity index (χ4n) is 1.31. The van der Waals surface area contributed by atoms with Crippen LogP contribution in [0.2, 0.25) is 0 Å². The molecule has 1 aromatic carbocycles. The highest BCUT2D eigenvalue weighted by Gasteiger charge is 2.41. The minimum Gasteiger partial charge on any atom is -0.497 e. The lowest BCUT2D eigenvalue weighted by Crippen LogP contribution is -2.45. The van der Waals surface area contributed by atoms with E-state index in [1.54, 1.807) is 24.3 Å². The van der Waals surface area contributed by atoms with Crippen LogP contribution in [0.4, 0.5) is 5.69 Å². The van der Waals surface area contributed by atoms with Crippen molar-refractivity contribution in [1.29, 1.82) is 0 Å². The van der Waals surface area contributed by atoms with Crippen LogP contribution < -0.4 is 10.1 Å². The van der Waals surface area contributed by atoms with Crippen molar-refractivity contribution in [2.75, 3.05) is 19.5 Å². The Morgan fingerprint density at radius 3 is 2.50 bits per heavy atom. The minimum absolute atomic E-state index is 0.461. The van der Waals surface area contributed by atoms with Crippen LogP contribution in [0, 0.1) is 0 Å². The van der Waals surface area contributed by atoms with E-state index in [0.717, 1.165) is 0 Å². The van der Waals surface area contributed by atoms with Gasteiger partial charge in [-0.2, -0.15) is 0 Å². The lowest BCUT2D eigenvalue weighted by atomic mass is 10.2. The highest BCUT2D eigenvalue weighted by molar-refractivity contribution is 6.46. The molecule has 1 rings (SSSR count). The number of methoxy groups -OCH3 is 2. The topological polar surface area (TPSA) is 64.6 Å². The zero-order chi connectivity index (χ0) is 13.8. The molecule has 1 amide bonds. The fourth-order valence-corrected chi connectivity index (χ4v) is 1.36. The van der Waals surface area contributed by atoms with Gasteiger partial charge in [-0.25, -0.2) is 0 Å². The number of hydrogen-bond donors (Lipinski definition) is 1. The summed E-state index contributed by atoms with van der Waals surface area (Å²) in [7, 11) is 2.71. The Labute approximate surface area is 110 Å². The molecule has 1 N–H and O–H groups in total. The van der Waals surface area contributed by atoms with E-state index < -0.39 is 16.8 Å². The number of anilines is 1. The summed E-state index contributed by atoms with van der Waals surface area (Å²) in [5.41, 5.74) is 0.461. The van der Waals surface area contributed by atoms with Gasteiger partial charge in [0.1, 0.15) is 5.75 Å². The highest BCUT2D eigenvalue weighted by Crippen LogP contribution is 2.22. The monoisotopic (exact) mass is 271 g/mol. The van der Waals surface area contributed by atoms with E-state index in [9.17, 15) is 9.59 Å². The Bertz CT molecular complexity index is 463. The molecule has 0 aromatic heterocycles. The van der Waals surface area contributed by atoms with Crippen molar-refractivity contribution in [3.8, 4) is 5.75 Å². The van der Waals surface area contributed by atoms with E-state index in [4.69, 9.17) is 21.1 Å². The summed E-state index contributed by atoms with van der Waals surface area (Å²) in [4.78, 5) is 23.2. The maximum atomic E-state index is 11.9. The van der Waals surface area contributed by atoms with Gasteiger partial charge in [0.05, 0.1) is 7.11 Å². The van der Waals surface area contributed by atoms with Crippen molar-refractivity contribution >= 4 is 29.0 Å². The third-order valence-electron chi connectivity index (χ3n) is 2.35. The molecule has 5 nitrogen and oxygen atoms in total. The molecule has 0 aliphatic carbocycles. The number of hydrogen-bond acceptors (Lipinski definition) is 4. The van der Waals surface area contributed by atoms with Crippen LogP contribution in [0.25, 0.3) is 0 Å². The van der Waals surface area contributed by atoms with Crippen LogP contribution in [0.1, 0.15) is 6.92 Å². The maximum absolute atomic E-state index is 11.9. The van der Waals surface area contributed by atoms with Crippen LogP contribution in [0.15, 0.2) is 24.3 Å². The number of benzene rings is 1. The number of ether oxygens (including phenoxy) is 2. The maximum Gasteiger partial charge on any atom is 0.280 e. The standard InChI is InChI=1S/C12H14ClNO4/c1-8(15)12(13,18-3)11(16)14-9-5-4-6-10(7-9)17-2/h4-7H,1-3H3,(H,14,16). The lowest BCUT2D eigenvalue weighted by Gasteiger charge is -2.21. The first-order chi connectivity index (χ1) is 8.43. The number of carbonyl (C=O) groups excluding carboxylic acids is 2. The van der Waals surface area contributed by atoms with Gasteiger partial charge in [0, 0.05) is 18.9 Å². The smallest absolute Gasteiger partial charge is 0.280 e. The molecule has 0 fully saturated rings.